The Morgan fingerprint density at radius 1 is 1.00 bits per heavy atom. The number of carbonyl (C=O) groups excluding carboxylic acids is 2. The van der Waals surface area contributed by atoms with E-state index in [0.717, 1.165) is 33.1 Å². The number of nitrogens with one attached hydrogen (secondary N) is 3. The van der Waals surface area contributed by atoms with Crippen molar-refractivity contribution in [2.24, 2.45) is 0 Å². The molecule has 9 heteroatoms. The van der Waals surface area contributed by atoms with Crippen molar-refractivity contribution in [2.75, 3.05) is 16.8 Å². The number of carboxylic acids is 1. The highest BCUT2D eigenvalue weighted by molar-refractivity contribution is 6.10. The predicted octanol–water partition coefficient (Wildman–Crippen LogP) is 4.90. The van der Waals surface area contributed by atoms with E-state index in [-0.39, 0.29) is 11.6 Å². The number of benzene rings is 2. The second-order valence-corrected chi connectivity index (χ2v) is 9.33. The van der Waals surface area contributed by atoms with E-state index in [1.54, 1.807) is 62.1 Å². The third-order valence-corrected chi connectivity index (χ3v) is 5.74. The fourth-order valence-electron chi connectivity index (χ4n) is 4.33. The Morgan fingerprint density at radius 2 is 1.74 bits per heavy atom. The van der Waals surface area contributed by atoms with Gasteiger partial charge in [-0.05, 0) is 75.2 Å². The summed E-state index contributed by atoms with van der Waals surface area (Å²) in [6, 6.07) is 12.3. The monoisotopic (exact) mass is 460 g/mol. The first-order chi connectivity index (χ1) is 16.1. The standard InChI is InChI=1S/C25H24N4O5/c1-25(2,3)34-24(33)26-14-4-5-17-13(10-14)11-19(27-17)22(30)29-9-8-15-16-12-20(23(31)32)28-18(16)6-7-21(15)29/h4-7,10-12,27-28H,8-9H2,1-3H3,(H,26,33)(H,31,32). The molecule has 0 fully saturated rings. The maximum atomic E-state index is 13.4. The van der Waals surface area contributed by atoms with Gasteiger partial charge in [-0.2, -0.15) is 0 Å². The van der Waals surface area contributed by atoms with Crippen molar-refractivity contribution in [1.82, 2.24) is 9.97 Å². The number of rotatable bonds is 3. The highest BCUT2D eigenvalue weighted by Gasteiger charge is 2.29. The number of aromatic nitrogens is 2. The van der Waals surface area contributed by atoms with Crippen molar-refractivity contribution in [3.8, 4) is 0 Å². The fraction of sp³-hybridized carbons (Fsp3) is 0.240. The molecule has 1 aliphatic heterocycles. The van der Waals surface area contributed by atoms with Gasteiger partial charge in [0.05, 0.1) is 0 Å². The molecule has 0 saturated carbocycles. The van der Waals surface area contributed by atoms with Gasteiger partial charge in [0.1, 0.15) is 17.0 Å². The average Bonchev–Trinajstić information content (AvgIpc) is 3.46. The molecule has 0 radical (unpaired) electrons. The lowest BCUT2D eigenvalue weighted by molar-refractivity contribution is 0.0633. The number of aromatic carboxylic acids is 1. The lowest BCUT2D eigenvalue weighted by Gasteiger charge is -2.19. The van der Waals surface area contributed by atoms with Gasteiger partial charge < -0.3 is 24.7 Å². The number of ether oxygens (including phenoxy) is 1. The number of carboxylic acid groups (broad SMARTS) is 1. The van der Waals surface area contributed by atoms with Crippen molar-refractivity contribution in [3.05, 3.63) is 59.4 Å². The number of fused-ring (bicyclic) bond motifs is 4. The second kappa shape index (κ2) is 7.65. The van der Waals surface area contributed by atoms with E-state index in [1.807, 2.05) is 6.07 Å². The minimum atomic E-state index is -1.02. The van der Waals surface area contributed by atoms with E-state index >= 15 is 0 Å². The average molecular weight is 460 g/mol. The highest BCUT2D eigenvalue weighted by Crippen LogP contribution is 2.36. The summed E-state index contributed by atoms with van der Waals surface area (Å²) in [4.78, 5) is 44.5. The maximum absolute atomic E-state index is 13.4. The van der Waals surface area contributed by atoms with Crippen LogP contribution < -0.4 is 10.2 Å². The Kier molecular flexibility index (Phi) is 4.85. The number of carbonyl (C=O) groups is 3. The highest BCUT2D eigenvalue weighted by atomic mass is 16.6. The summed E-state index contributed by atoms with van der Waals surface area (Å²) in [7, 11) is 0. The molecule has 3 heterocycles. The summed E-state index contributed by atoms with van der Waals surface area (Å²) in [5.41, 5.74) is 3.75. The summed E-state index contributed by atoms with van der Waals surface area (Å²) in [6.07, 6.45) is 0.0916. The smallest absolute Gasteiger partial charge is 0.412 e. The van der Waals surface area contributed by atoms with Crippen LogP contribution in [0.25, 0.3) is 21.8 Å². The zero-order valence-electron chi connectivity index (χ0n) is 19.0. The van der Waals surface area contributed by atoms with Crippen LogP contribution in [0, 0.1) is 0 Å². The Labute approximate surface area is 194 Å². The zero-order valence-corrected chi connectivity index (χ0v) is 19.0. The van der Waals surface area contributed by atoms with Crippen LogP contribution in [0.2, 0.25) is 0 Å². The van der Waals surface area contributed by atoms with Crippen LogP contribution in [0.5, 0.6) is 0 Å². The Morgan fingerprint density at radius 3 is 2.47 bits per heavy atom. The number of nitrogens with zero attached hydrogens (tertiary/aromatic N) is 1. The molecule has 0 spiro atoms. The quantitative estimate of drug-likeness (QED) is 0.346. The summed E-state index contributed by atoms with van der Waals surface area (Å²) in [5, 5.41) is 13.6. The Hall–Kier alpha value is -4.27. The van der Waals surface area contributed by atoms with E-state index in [4.69, 9.17) is 4.74 Å². The van der Waals surface area contributed by atoms with E-state index in [2.05, 4.69) is 15.3 Å². The van der Waals surface area contributed by atoms with Crippen LogP contribution in [0.4, 0.5) is 16.2 Å². The summed E-state index contributed by atoms with van der Waals surface area (Å²) >= 11 is 0. The maximum Gasteiger partial charge on any atom is 0.412 e. The van der Waals surface area contributed by atoms with Gasteiger partial charge in [0.2, 0.25) is 0 Å². The molecule has 0 saturated heterocycles. The summed E-state index contributed by atoms with van der Waals surface area (Å²) < 4.78 is 5.29. The molecule has 5 rings (SSSR count). The molecule has 9 nitrogen and oxygen atoms in total. The zero-order chi connectivity index (χ0) is 24.2. The van der Waals surface area contributed by atoms with Gasteiger partial charge in [-0.3, -0.25) is 10.1 Å². The number of hydrogen-bond acceptors (Lipinski definition) is 4. The topological polar surface area (TPSA) is 128 Å². The van der Waals surface area contributed by atoms with Crippen molar-refractivity contribution < 1.29 is 24.2 Å². The molecule has 0 atom stereocenters. The minimum absolute atomic E-state index is 0.125. The molecular formula is C25H24N4O5. The molecule has 2 amide bonds. The van der Waals surface area contributed by atoms with Crippen molar-refractivity contribution in [1.29, 1.82) is 0 Å². The molecule has 4 N–H and O–H groups in total. The Bertz CT molecular complexity index is 1470. The van der Waals surface area contributed by atoms with Gasteiger partial charge in [-0.15, -0.1) is 0 Å². The molecule has 0 bridgehead atoms. The second-order valence-electron chi connectivity index (χ2n) is 9.33. The van der Waals surface area contributed by atoms with E-state index in [9.17, 15) is 19.5 Å². The van der Waals surface area contributed by atoms with Crippen molar-refractivity contribution in [2.45, 2.75) is 32.8 Å². The van der Waals surface area contributed by atoms with E-state index in [0.29, 0.717) is 24.3 Å². The number of H-pyrrole nitrogens is 2. The van der Waals surface area contributed by atoms with Crippen LogP contribution in [0.1, 0.15) is 47.3 Å². The molecule has 2 aromatic carbocycles. The number of hydrogen-bond donors (Lipinski definition) is 4. The van der Waals surface area contributed by atoms with Gasteiger partial charge in [-0.1, -0.05) is 0 Å². The van der Waals surface area contributed by atoms with Gasteiger partial charge in [0.15, 0.2) is 0 Å². The lowest BCUT2D eigenvalue weighted by atomic mass is 10.1. The van der Waals surface area contributed by atoms with Crippen LogP contribution in [0.3, 0.4) is 0 Å². The predicted molar refractivity (Wildman–Crippen MR) is 129 cm³/mol. The number of anilines is 2. The molecular weight excluding hydrogens is 436 g/mol. The fourth-order valence-corrected chi connectivity index (χ4v) is 4.33. The van der Waals surface area contributed by atoms with Crippen molar-refractivity contribution >= 4 is 51.2 Å². The van der Waals surface area contributed by atoms with E-state index < -0.39 is 17.7 Å². The summed E-state index contributed by atoms with van der Waals surface area (Å²) in [5.74, 6) is -1.19. The first kappa shape index (κ1) is 21.6. The minimum Gasteiger partial charge on any atom is -0.477 e. The summed E-state index contributed by atoms with van der Waals surface area (Å²) in [6.45, 7) is 5.88. The Balaban J connectivity index is 1.41. The van der Waals surface area contributed by atoms with Gasteiger partial charge in [-0.25, -0.2) is 9.59 Å². The molecule has 1 aliphatic rings. The first-order valence-corrected chi connectivity index (χ1v) is 10.9. The van der Waals surface area contributed by atoms with Crippen LogP contribution in [0.15, 0.2) is 42.5 Å². The molecule has 174 valence electrons. The molecule has 2 aromatic heterocycles. The van der Waals surface area contributed by atoms with Gasteiger partial charge >= 0.3 is 12.1 Å². The number of amides is 2. The van der Waals surface area contributed by atoms with Crippen molar-refractivity contribution in [3.63, 3.8) is 0 Å². The van der Waals surface area contributed by atoms with Crippen LogP contribution in [-0.4, -0.2) is 45.2 Å². The molecule has 34 heavy (non-hydrogen) atoms. The third-order valence-electron chi connectivity index (χ3n) is 5.74. The number of aromatic amines is 2. The van der Waals surface area contributed by atoms with Gasteiger partial charge in [0.25, 0.3) is 5.91 Å². The van der Waals surface area contributed by atoms with Crippen LogP contribution >= 0.6 is 0 Å². The molecule has 0 unspecified atom stereocenters. The third kappa shape index (κ3) is 3.85. The van der Waals surface area contributed by atoms with Crippen LogP contribution in [-0.2, 0) is 11.2 Å². The van der Waals surface area contributed by atoms with E-state index in [1.165, 1.54) is 0 Å². The largest absolute Gasteiger partial charge is 0.477 e. The lowest BCUT2D eigenvalue weighted by Crippen LogP contribution is -2.29. The molecule has 0 aliphatic carbocycles. The molecule has 4 aromatic rings. The SMILES string of the molecule is CC(C)(C)OC(=O)Nc1ccc2[nH]c(C(=O)N3CCc4c3ccc3[nH]c(C(=O)O)cc43)cc2c1. The van der Waals surface area contributed by atoms with Gasteiger partial charge in [0, 0.05) is 39.7 Å². The first-order valence-electron chi connectivity index (χ1n) is 10.9. The normalized spacial score (nSPS) is 13.3.